The lowest BCUT2D eigenvalue weighted by molar-refractivity contribution is -0.116. The number of ketones is 1. The van der Waals surface area contributed by atoms with Crippen LogP contribution in [0.3, 0.4) is 0 Å². The van der Waals surface area contributed by atoms with Crippen LogP contribution in [-0.4, -0.2) is 10.9 Å². The average Bonchev–Trinajstić information content (AvgIpc) is 2.79. The molecule has 2 rings (SSSR count). The van der Waals surface area contributed by atoms with Crippen molar-refractivity contribution in [3.05, 3.63) is 50.0 Å². The van der Waals surface area contributed by atoms with Crippen LogP contribution in [0.1, 0.15) is 91.8 Å². The van der Waals surface area contributed by atoms with Crippen LogP contribution in [0.4, 0.5) is 0 Å². The Morgan fingerprint density at radius 2 is 1.38 bits per heavy atom. The number of benzene rings is 1. The van der Waals surface area contributed by atoms with Crippen molar-refractivity contribution < 1.29 is 9.90 Å². The molecule has 1 aromatic rings. The molecule has 2 nitrogen and oxygen atoms in total. The molecule has 0 unspecified atom stereocenters. The number of allylic oxidation sites excluding steroid dienone is 4. The summed E-state index contributed by atoms with van der Waals surface area (Å²) in [5.41, 5.74) is 3.54. The molecular weight excluding hydrogens is 403 g/mol. The third-order valence-electron chi connectivity index (χ3n) is 5.72. The van der Waals surface area contributed by atoms with Crippen molar-refractivity contribution in [1.29, 1.82) is 0 Å². The molecule has 0 spiro atoms. The molecule has 1 aromatic carbocycles. The minimum Gasteiger partial charge on any atom is -0.507 e. The van der Waals surface area contributed by atoms with Crippen LogP contribution >= 0.6 is 23.2 Å². The molecule has 0 saturated heterocycles. The molecule has 29 heavy (non-hydrogen) atoms. The number of halogens is 2. The summed E-state index contributed by atoms with van der Waals surface area (Å²) in [6.07, 6.45) is 0.844. The average molecular weight is 437 g/mol. The molecule has 0 saturated carbocycles. The summed E-state index contributed by atoms with van der Waals surface area (Å²) in [5, 5.41) is 11.9. The fourth-order valence-corrected chi connectivity index (χ4v) is 4.25. The topological polar surface area (TPSA) is 37.3 Å². The summed E-state index contributed by atoms with van der Waals surface area (Å²) in [5.74, 6) is 0.377. The number of rotatable bonds is 4. The Hall–Kier alpha value is -1.25. The van der Waals surface area contributed by atoms with Gasteiger partial charge < -0.3 is 5.11 Å². The second-order valence-corrected chi connectivity index (χ2v) is 11.7. The van der Waals surface area contributed by atoms with Gasteiger partial charge in [0.05, 0.1) is 10.1 Å². The van der Waals surface area contributed by atoms with Gasteiger partial charge in [-0.05, 0) is 51.9 Å². The molecule has 1 aliphatic carbocycles. The minimum atomic E-state index is -0.419. The Morgan fingerprint density at radius 3 is 1.72 bits per heavy atom. The van der Waals surface area contributed by atoms with Crippen LogP contribution in [0, 0.1) is 0 Å². The van der Waals surface area contributed by atoms with Crippen LogP contribution in [-0.2, 0) is 21.0 Å². The van der Waals surface area contributed by atoms with Gasteiger partial charge in [-0.3, -0.25) is 4.79 Å². The van der Waals surface area contributed by atoms with E-state index in [2.05, 4.69) is 67.5 Å². The zero-order valence-electron chi connectivity index (χ0n) is 19.2. The highest BCUT2D eigenvalue weighted by atomic mass is 35.5. The van der Waals surface area contributed by atoms with Crippen LogP contribution in [0.15, 0.2) is 33.3 Å². The molecule has 0 heterocycles. The smallest absolute Gasteiger partial charge is 0.161 e. The Morgan fingerprint density at radius 1 is 0.931 bits per heavy atom. The van der Waals surface area contributed by atoms with Crippen molar-refractivity contribution in [1.82, 2.24) is 0 Å². The second kappa shape index (κ2) is 7.78. The zero-order valence-corrected chi connectivity index (χ0v) is 20.7. The number of carbonyl (C=O) groups is 1. The fourth-order valence-electron chi connectivity index (χ4n) is 3.74. The van der Waals surface area contributed by atoms with Crippen molar-refractivity contribution in [2.45, 2.75) is 91.4 Å². The van der Waals surface area contributed by atoms with Crippen LogP contribution in [0.25, 0.3) is 0 Å². The molecule has 0 radical (unpaired) electrons. The Balaban J connectivity index is 2.51. The Kier molecular flexibility index (Phi) is 6.44. The molecule has 1 N–H and O–H groups in total. The van der Waals surface area contributed by atoms with Gasteiger partial charge in [-0.25, -0.2) is 0 Å². The van der Waals surface area contributed by atoms with E-state index in [1.54, 1.807) is 0 Å². The molecule has 0 amide bonds. The summed E-state index contributed by atoms with van der Waals surface area (Å²) < 4.78 is 0. The van der Waals surface area contributed by atoms with E-state index in [0.29, 0.717) is 34.2 Å². The van der Waals surface area contributed by atoms with E-state index in [4.69, 9.17) is 23.2 Å². The van der Waals surface area contributed by atoms with E-state index in [9.17, 15) is 9.90 Å². The van der Waals surface area contributed by atoms with Gasteiger partial charge in [0.2, 0.25) is 0 Å². The maximum atomic E-state index is 13.1. The molecule has 0 aliphatic heterocycles. The number of carbonyl (C=O) groups excluding carboxylic acids is 1. The number of Topliss-reactive ketones (excluding diaryl/α,β-unsaturated/α-hetero) is 1. The third-order valence-corrected chi connectivity index (χ3v) is 6.75. The van der Waals surface area contributed by atoms with Crippen molar-refractivity contribution in [3.8, 4) is 5.75 Å². The first-order valence-electron chi connectivity index (χ1n) is 10.1. The second-order valence-electron chi connectivity index (χ2n) is 11.0. The van der Waals surface area contributed by atoms with Gasteiger partial charge in [0.15, 0.2) is 5.78 Å². The Labute approximate surface area is 186 Å². The van der Waals surface area contributed by atoms with Gasteiger partial charge in [-0.1, -0.05) is 90.7 Å². The van der Waals surface area contributed by atoms with Gasteiger partial charge in [0.25, 0.3) is 0 Å². The third kappa shape index (κ3) is 4.91. The van der Waals surface area contributed by atoms with E-state index in [1.165, 1.54) is 0 Å². The maximum absolute atomic E-state index is 13.1. The highest BCUT2D eigenvalue weighted by Crippen LogP contribution is 2.44. The lowest BCUT2D eigenvalue weighted by Gasteiger charge is -2.32. The minimum absolute atomic E-state index is 0.0256. The first-order valence-corrected chi connectivity index (χ1v) is 10.9. The predicted octanol–water partition coefficient (Wildman–Crippen LogP) is 7.63. The number of aromatic hydroxyl groups is 1. The predicted molar refractivity (Wildman–Crippen MR) is 124 cm³/mol. The maximum Gasteiger partial charge on any atom is 0.161 e. The van der Waals surface area contributed by atoms with E-state index >= 15 is 0 Å². The first kappa shape index (κ1) is 24.0. The molecule has 0 aromatic heterocycles. The van der Waals surface area contributed by atoms with E-state index in [0.717, 1.165) is 22.3 Å². The number of phenolic OH excluding ortho intramolecular Hbond substituents is 1. The van der Waals surface area contributed by atoms with Crippen molar-refractivity contribution in [3.63, 3.8) is 0 Å². The van der Waals surface area contributed by atoms with Gasteiger partial charge >= 0.3 is 0 Å². The van der Waals surface area contributed by atoms with Crippen LogP contribution in [0.5, 0.6) is 5.75 Å². The van der Waals surface area contributed by atoms with Gasteiger partial charge in [-0.2, -0.15) is 0 Å². The number of phenols is 1. The largest absolute Gasteiger partial charge is 0.507 e. The number of hydrogen-bond donors (Lipinski definition) is 1. The standard InChI is InChI=1S/C25H34Cl2O2/c1-14-10-16(21(27)20(14)26)19(28)13-25(8,9)15-11-17(23(2,3)4)22(29)18(12-15)24(5,6)7/h11-12,29H,10,13H2,1-9H3. The molecule has 160 valence electrons. The van der Waals surface area contributed by atoms with Gasteiger partial charge in [0, 0.05) is 12.0 Å². The monoisotopic (exact) mass is 436 g/mol. The summed E-state index contributed by atoms with van der Waals surface area (Å²) in [6, 6.07) is 4.11. The molecule has 1 aliphatic rings. The molecule has 0 atom stereocenters. The summed E-state index contributed by atoms with van der Waals surface area (Å²) in [4.78, 5) is 13.1. The van der Waals surface area contributed by atoms with Crippen LogP contribution < -0.4 is 0 Å². The lowest BCUT2D eigenvalue weighted by Crippen LogP contribution is -2.26. The zero-order chi connectivity index (χ0) is 22.5. The molecule has 0 fully saturated rings. The molecule has 0 bridgehead atoms. The van der Waals surface area contributed by atoms with Gasteiger partial charge in [0.1, 0.15) is 5.75 Å². The quantitative estimate of drug-likeness (QED) is 0.526. The molecule has 4 heteroatoms. The van der Waals surface area contributed by atoms with E-state index in [1.807, 2.05) is 6.92 Å². The first-order chi connectivity index (χ1) is 13.0. The highest BCUT2D eigenvalue weighted by molar-refractivity contribution is 6.46. The summed E-state index contributed by atoms with van der Waals surface area (Å²) in [6.45, 7) is 18.6. The highest BCUT2D eigenvalue weighted by Gasteiger charge is 2.34. The van der Waals surface area contributed by atoms with E-state index < -0.39 is 5.41 Å². The van der Waals surface area contributed by atoms with Crippen molar-refractivity contribution >= 4 is 29.0 Å². The normalized spacial score (nSPS) is 16.1. The van der Waals surface area contributed by atoms with Gasteiger partial charge in [-0.15, -0.1) is 0 Å². The van der Waals surface area contributed by atoms with Crippen molar-refractivity contribution in [2.75, 3.05) is 0 Å². The van der Waals surface area contributed by atoms with E-state index in [-0.39, 0.29) is 16.6 Å². The fraction of sp³-hybridized carbons (Fsp3) is 0.560. The summed E-state index contributed by atoms with van der Waals surface area (Å²) in [7, 11) is 0. The Bertz CT molecular complexity index is 869. The number of hydrogen-bond acceptors (Lipinski definition) is 2. The lowest BCUT2D eigenvalue weighted by atomic mass is 9.72. The SMILES string of the molecule is CC1=C(Cl)C(Cl)=C(C(=O)CC(C)(C)c2cc(C(C)(C)C)c(O)c(C(C)(C)C)c2)C1. The van der Waals surface area contributed by atoms with Crippen LogP contribution in [0.2, 0.25) is 0 Å². The summed E-state index contributed by atoms with van der Waals surface area (Å²) >= 11 is 12.5. The van der Waals surface area contributed by atoms with Crippen molar-refractivity contribution in [2.24, 2.45) is 0 Å². The molecular formula is C25H34Cl2O2.